The van der Waals surface area contributed by atoms with Crippen molar-refractivity contribution >= 4 is 0 Å². The molecule has 1 aromatic rings. The summed E-state index contributed by atoms with van der Waals surface area (Å²) < 4.78 is 17.4. The van der Waals surface area contributed by atoms with Crippen molar-refractivity contribution in [3.63, 3.8) is 0 Å². The third-order valence-corrected chi connectivity index (χ3v) is 3.69. The molecule has 0 bridgehead atoms. The van der Waals surface area contributed by atoms with Gasteiger partial charge in [-0.1, -0.05) is 30.3 Å². The molecule has 0 saturated carbocycles. The second kappa shape index (κ2) is 6.87. The van der Waals surface area contributed by atoms with Crippen LogP contribution in [0.1, 0.15) is 46.3 Å². The van der Waals surface area contributed by atoms with Gasteiger partial charge in [-0.2, -0.15) is 0 Å². The fraction of sp³-hybridized carbons (Fsp3) is 0.667. The number of rotatable bonds is 5. The van der Waals surface area contributed by atoms with Gasteiger partial charge in [-0.3, -0.25) is 0 Å². The third kappa shape index (κ3) is 4.99. The summed E-state index contributed by atoms with van der Waals surface area (Å²) in [5, 5.41) is 21.2. The lowest BCUT2D eigenvalue weighted by Crippen LogP contribution is -2.48. The second-order valence-electron chi connectivity index (χ2n) is 7.41. The number of ether oxygens (including phenoxy) is 3. The lowest BCUT2D eigenvalue weighted by molar-refractivity contribution is -0.203. The van der Waals surface area contributed by atoms with Crippen molar-refractivity contribution in [3.8, 4) is 0 Å². The van der Waals surface area contributed by atoms with Crippen LogP contribution in [0.25, 0.3) is 0 Å². The highest BCUT2D eigenvalue weighted by molar-refractivity contribution is 5.19. The van der Waals surface area contributed by atoms with Crippen molar-refractivity contribution in [2.24, 2.45) is 0 Å². The van der Waals surface area contributed by atoms with E-state index in [1.807, 2.05) is 52.8 Å². The molecule has 0 radical (unpaired) electrons. The van der Waals surface area contributed by atoms with Crippen molar-refractivity contribution in [2.75, 3.05) is 6.61 Å². The number of benzene rings is 1. The first-order valence-electron chi connectivity index (χ1n) is 8.00. The molecule has 0 aliphatic carbocycles. The second-order valence-corrected chi connectivity index (χ2v) is 7.41. The molecule has 0 aromatic heterocycles. The monoisotopic (exact) mass is 324 g/mol. The van der Waals surface area contributed by atoms with E-state index in [1.165, 1.54) is 0 Å². The maximum atomic E-state index is 10.7. The van der Waals surface area contributed by atoms with Crippen LogP contribution in [-0.2, 0) is 14.2 Å². The molecule has 4 atom stereocenters. The van der Waals surface area contributed by atoms with Crippen LogP contribution in [-0.4, -0.2) is 46.5 Å². The number of aliphatic hydroxyl groups excluding tert-OH is 2. The molecule has 0 spiro atoms. The van der Waals surface area contributed by atoms with Crippen LogP contribution in [0, 0.1) is 0 Å². The average Bonchev–Trinajstić information content (AvgIpc) is 2.83. The zero-order valence-corrected chi connectivity index (χ0v) is 14.5. The summed E-state index contributed by atoms with van der Waals surface area (Å²) >= 11 is 0. The Morgan fingerprint density at radius 2 is 1.78 bits per heavy atom. The van der Waals surface area contributed by atoms with E-state index in [0.29, 0.717) is 12.2 Å². The SMILES string of the molecule is CC(C)(C)O[C@@H]([C@H](O)[C@H](O)c1ccccc1)[C@H]1COC(C)(C)O1. The molecule has 1 heterocycles. The summed E-state index contributed by atoms with van der Waals surface area (Å²) in [6, 6.07) is 9.06. The minimum Gasteiger partial charge on any atom is -0.387 e. The molecule has 1 aliphatic heterocycles. The van der Waals surface area contributed by atoms with E-state index in [9.17, 15) is 10.2 Å². The van der Waals surface area contributed by atoms with Crippen LogP contribution in [0.15, 0.2) is 30.3 Å². The Bertz CT molecular complexity index is 494. The summed E-state index contributed by atoms with van der Waals surface area (Å²) in [5.41, 5.74) is 0.152. The first-order valence-corrected chi connectivity index (χ1v) is 8.00. The highest BCUT2D eigenvalue weighted by atomic mass is 16.8. The molecule has 0 unspecified atom stereocenters. The van der Waals surface area contributed by atoms with E-state index in [-0.39, 0.29) is 0 Å². The van der Waals surface area contributed by atoms with Crippen LogP contribution < -0.4 is 0 Å². The number of aliphatic hydroxyl groups is 2. The Labute approximate surface area is 138 Å². The molecule has 1 fully saturated rings. The van der Waals surface area contributed by atoms with Gasteiger partial charge in [-0.15, -0.1) is 0 Å². The Morgan fingerprint density at radius 3 is 2.26 bits per heavy atom. The van der Waals surface area contributed by atoms with Crippen molar-refractivity contribution < 1.29 is 24.4 Å². The zero-order chi connectivity index (χ0) is 17.3. The maximum absolute atomic E-state index is 10.7. The zero-order valence-electron chi connectivity index (χ0n) is 14.5. The topological polar surface area (TPSA) is 68.2 Å². The lowest BCUT2D eigenvalue weighted by atomic mass is 9.96. The molecule has 130 valence electrons. The predicted molar refractivity (Wildman–Crippen MR) is 86.9 cm³/mol. The fourth-order valence-corrected chi connectivity index (χ4v) is 2.68. The third-order valence-electron chi connectivity index (χ3n) is 3.69. The number of hydrogen-bond donors (Lipinski definition) is 2. The molecule has 2 rings (SSSR count). The van der Waals surface area contributed by atoms with E-state index >= 15 is 0 Å². The van der Waals surface area contributed by atoms with Gasteiger partial charge in [0.15, 0.2) is 5.79 Å². The molecule has 1 aromatic carbocycles. The van der Waals surface area contributed by atoms with E-state index < -0.39 is 35.8 Å². The first-order chi connectivity index (χ1) is 10.6. The van der Waals surface area contributed by atoms with Crippen molar-refractivity contribution in [3.05, 3.63) is 35.9 Å². The number of hydrogen-bond acceptors (Lipinski definition) is 5. The largest absolute Gasteiger partial charge is 0.387 e. The minimum absolute atomic E-state index is 0.312. The van der Waals surface area contributed by atoms with Crippen molar-refractivity contribution in [1.82, 2.24) is 0 Å². The van der Waals surface area contributed by atoms with Crippen molar-refractivity contribution in [1.29, 1.82) is 0 Å². The van der Waals surface area contributed by atoms with Crippen molar-refractivity contribution in [2.45, 2.75) is 70.4 Å². The molecule has 1 aliphatic rings. The quantitative estimate of drug-likeness (QED) is 0.870. The normalized spacial score (nSPS) is 25.1. The van der Waals surface area contributed by atoms with Crippen LogP contribution in [0.4, 0.5) is 0 Å². The smallest absolute Gasteiger partial charge is 0.163 e. The van der Waals surface area contributed by atoms with Crippen LogP contribution in [0.5, 0.6) is 0 Å². The Morgan fingerprint density at radius 1 is 1.17 bits per heavy atom. The molecule has 5 heteroatoms. The van der Waals surface area contributed by atoms with Gasteiger partial charge in [0, 0.05) is 0 Å². The Kier molecular flexibility index (Phi) is 5.48. The molecule has 23 heavy (non-hydrogen) atoms. The van der Waals surface area contributed by atoms with Gasteiger partial charge >= 0.3 is 0 Å². The first kappa shape index (κ1) is 18.4. The molecule has 2 N–H and O–H groups in total. The van der Waals surface area contributed by atoms with E-state index in [1.54, 1.807) is 12.1 Å². The average molecular weight is 324 g/mol. The van der Waals surface area contributed by atoms with Crippen LogP contribution in [0.2, 0.25) is 0 Å². The van der Waals surface area contributed by atoms with Gasteiger partial charge in [0.2, 0.25) is 0 Å². The van der Waals surface area contributed by atoms with E-state index in [4.69, 9.17) is 14.2 Å². The summed E-state index contributed by atoms with van der Waals surface area (Å²) in [6.07, 6.45) is -3.33. The van der Waals surface area contributed by atoms with Crippen LogP contribution >= 0.6 is 0 Å². The van der Waals surface area contributed by atoms with Gasteiger partial charge in [0.25, 0.3) is 0 Å². The van der Waals surface area contributed by atoms with Gasteiger partial charge in [0.05, 0.1) is 12.2 Å². The molecule has 0 amide bonds. The summed E-state index contributed by atoms with van der Waals surface area (Å²) in [5.74, 6) is -0.721. The van der Waals surface area contributed by atoms with E-state index in [2.05, 4.69) is 0 Å². The standard InChI is InChI=1S/C18H28O5/c1-17(2,3)23-16(13-11-21-18(4,5)22-13)15(20)14(19)12-9-7-6-8-10-12/h6-10,13-16,19-20H,11H2,1-5H3/t13-,14-,15-,16-/m1/s1. The molecular weight excluding hydrogens is 296 g/mol. The van der Waals surface area contributed by atoms with Gasteiger partial charge < -0.3 is 24.4 Å². The Balaban J connectivity index is 2.19. The Hall–Kier alpha value is -0.980. The highest BCUT2D eigenvalue weighted by Gasteiger charge is 2.44. The molecular formula is C18H28O5. The summed E-state index contributed by atoms with van der Waals surface area (Å²) in [4.78, 5) is 0. The van der Waals surface area contributed by atoms with E-state index in [0.717, 1.165) is 0 Å². The minimum atomic E-state index is -1.13. The summed E-state index contributed by atoms with van der Waals surface area (Å²) in [6.45, 7) is 9.67. The van der Waals surface area contributed by atoms with Gasteiger partial charge in [-0.05, 0) is 40.2 Å². The predicted octanol–water partition coefficient (Wildman–Crippen LogP) is 2.42. The fourth-order valence-electron chi connectivity index (χ4n) is 2.68. The highest BCUT2D eigenvalue weighted by Crippen LogP contribution is 2.32. The van der Waals surface area contributed by atoms with Gasteiger partial charge in [-0.25, -0.2) is 0 Å². The summed E-state index contributed by atoms with van der Waals surface area (Å²) in [7, 11) is 0. The lowest BCUT2D eigenvalue weighted by Gasteiger charge is -2.35. The maximum Gasteiger partial charge on any atom is 0.163 e. The van der Waals surface area contributed by atoms with Crippen LogP contribution in [0.3, 0.4) is 0 Å². The molecule has 5 nitrogen and oxygen atoms in total. The molecule has 1 saturated heterocycles. The van der Waals surface area contributed by atoms with Gasteiger partial charge in [0.1, 0.15) is 24.4 Å².